The fraction of sp³-hybridized carbons (Fsp3) is 0.200. The molecule has 1 heterocycles. The van der Waals surface area contributed by atoms with Crippen molar-refractivity contribution >= 4 is 29.1 Å². The summed E-state index contributed by atoms with van der Waals surface area (Å²) in [6.07, 6.45) is 1.81. The first-order valence-corrected chi connectivity index (χ1v) is 9.42. The molecule has 2 aromatic carbocycles. The average molecular weight is 381 g/mol. The number of rotatable bonds is 7. The molecule has 6 nitrogen and oxygen atoms in total. The van der Waals surface area contributed by atoms with Gasteiger partial charge in [0.25, 0.3) is 5.91 Å². The van der Waals surface area contributed by atoms with Crippen LogP contribution >= 0.6 is 11.5 Å². The van der Waals surface area contributed by atoms with Crippen LogP contribution in [0.2, 0.25) is 0 Å². The lowest BCUT2D eigenvalue weighted by atomic mass is 10.1. The van der Waals surface area contributed by atoms with Crippen molar-refractivity contribution in [3.8, 4) is 11.3 Å². The van der Waals surface area contributed by atoms with Gasteiger partial charge < -0.3 is 10.1 Å². The molecule has 1 aromatic heterocycles. The minimum atomic E-state index is -0.362. The van der Waals surface area contributed by atoms with Gasteiger partial charge in [-0.2, -0.15) is 0 Å². The molecule has 0 aliphatic heterocycles. The summed E-state index contributed by atoms with van der Waals surface area (Å²) >= 11 is 1.04. The molecule has 0 aliphatic carbocycles. The van der Waals surface area contributed by atoms with E-state index in [0.29, 0.717) is 28.4 Å². The highest BCUT2D eigenvalue weighted by atomic mass is 32.1. The van der Waals surface area contributed by atoms with Crippen molar-refractivity contribution in [3.05, 3.63) is 65.0 Å². The smallest absolute Gasteiger partial charge is 0.338 e. The summed E-state index contributed by atoms with van der Waals surface area (Å²) < 4.78 is 9.08. The molecule has 0 radical (unpaired) electrons. The molecule has 1 amide bonds. The molecule has 0 fully saturated rings. The number of carbonyl (C=O) groups excluding carboxylic acids is 2. The maximum atomic E-state index is 12.6. The second-order valence-corrected chi connectivity index (χ2v) is 6.59. The van der Waals surface area contributed by atoms with Crippen LogP contribution in [0.3, 0.4) is 0 Å². The summed E-state index contributed by atoms with van der Waals surface area (Å²) in [5.74, 6) is -0.651. The fourth-order valence-electron chi connectivity index (χ4n) is 2.39. The molecular formula is C20H19N3O3S. The van der Waals surface area contributed by atoms with Gasteiger partial charge in [-0.15, -0.1) is 5.10 Å². The van der Waals surface area contributed by atoms with Crippen LogP contribution in [0, 0.1) is 0 Å². The Hall–Kier alpha value is -3.06. The fourth-order valence-corrected chi connectivity index (χ4v) is 2.98. The molecule has 0 saturated heterocycles. The summed E-state index contributed by atoms with van der Waals surface area (Å²) in [6, 6.07) is 16.0. The van der Waals surface area contributed by atoms with Gasteiger partial charge in [0.2, 0.25) is 0 Å². The number of hydrogen-bond donors (Lipinski definition) is 1. The summed E-state index contributed by atoms with van der Waals surface area (Å²) in [5, 5.41) is 6.88. The van der Waals surface area contributed by atoms with E-state index in [9.17, 15) is 9.59 Å². The standard InChI is InChI=1S/C20H19N3O3S/c1-2-3-13-26-20(25)15-9-11-16(12-10-15)21-19(24)18-17(22-23-27-18)14-7-5-4-6-8-14/h4-12H,2-3,13H2,1H3,(H,21,24). The minimum Gasteiger partial charge on any atom is -0.462 e. The topological polar surface area (TPSA) is 81.2 Å². The Labute approximate surface area is 161 Å². The largest absolute Gasteiger partial charge is 0.462 e. The van der Waals surface area contributed by atoms with E-state index in [1.54, 1.807) is 24.3 Å². The van der Waals surface area contributed by atoms with Crippen molar-refractivity contribution in [2.24, 2.45) is 0 Å². The van der Waals surface area contributed by atoms with Gasteiger partial charge in [0.1, 0.15) is 10.6 Å². The monoisotopic (exact) mass is 381 g/mol. The molecule has 27 heavy (non-hydrogen) atoms. The van der Waals surface area contributed by atoms with E-state index in [0.717, 1.165) is 29.9 Å². The average Bonchev–Trinajstić information content (AvgIpc) is 3.19. The molecular weight excluding hydrogens is 362 g/mol. The van der Waals surface area contributed by atoms with E-state index < -0.39 is 0 Å². The highest BCUT2D eigenvalue weighted by molar-refractivity contribution is 7.08. The van der Waals surface area contributed by atoms with Crippen LogP contribution in [-0.2, 0) is 4.74 Å². The maximum absolute atomic E-state index is 12.6. The number of nitrogens with one attached hydrogen (secondary N) is 1. The molecule has 138 valence electrons. The van der Waals surface area contributed by atoms with Gasteiger partial charge in [0.15, 0.2) is 0 Å². The Balaban J connectivity index is 1.67. The third-order valence-electron chi connectivity index (χ3n) is 3.85. The third-order valence-corrected chi connectivity index (χ3v) is 4.58. The Bertz CT molecular complexity index is 908. The second kappa shape index (κ2) is 9.05. The molecule has 0 unspecified atom stereocenters. The van der Waals surface area contributed by atoms with Crippen LogP contribution < -0.4 is 5.32 Å². The zero-order valence-electron chi connectivity index (χ0n) is 14.8. The van der Waals surface area contributed by atoms with E-state index in [-0.39, 0.29) is 11.9 Å². The maximum Gasteiger partial charge on any atom is 0.338 e. The highest BCUT2D eigenvalue weighted by Gasteiger charge is 2.18. The van der Waals surface area contributed by atoms with Crippen LogP contribution in [0.5, 0.6) is 0 Å². The number of anilines is 1. The zero-order chi connectivity index (χ0) is 19.1. The van der Waals surface area contributed by atoms with Crippen molar-refractivity contribution in [1.29, 1.82) is 0 Å². The van der Waals surface area contributed by atoms with Gasteiger partial charge in [-0.1, -0.05) is 48.2 Å². The number of ether oxygens (including phenoxy) is 1. The van der Waals surface area contributed by atoms with Gasteiger partial charge in [-0.3, -0.25) is 4.79 Å². The SMILES string of the molecule is CCCCOC(=O)c1ccc(NC(=O)c2snnc2-c2ccccc2)cc1. The number of carbonyl (C=O) groups is 2. The van der Waals surface area contributed by atoms with E-state index in [1.165, 1.54) is 0 Å². The molecule has 0 spiro atoms. The Morgan fingerprint density at radius 1 is 1.07 bits per heavy atom. The predicted molar refractivity (Wildman–Crippen MR) is 105 cm³/mol. The highest BCUT2D eigenvalue weighted by Crippen LogP contribution is 2.24. The molecule has 0 bridgehead atoms. The molecule has 0 aliphatic rings. The van der Waals surface area contributed by atoms with Gasteiger partial charge in [-0.25, -0.2) is 4.79 Å². The van der Waals surface area contributed by atoms with Crippen LogP contribution in [0.1, 0.15) is 39.8 Å². The van der Waals surface area contributed by atoms with Crippen molar-refractivity contribution in [2.75, 3.05) is 11.9 Å². The lowest BCUT2D eigenvalue weighted by molar-refractivity contribution is 0.0499. The third kappa shape index (κ3) is 4.77. The molecule has 3 aromatic rings. The minimum absolute atomic E-state index is 0.290. The van der Waals surface area contributed by atoms with E-state index in [2.05, 4.69) is 14.9 Å². The van der Waals surface area contributed by atoms with Gasteiger partial charge in [0, 0.05) is 11.3 Å². The van der Waals surface area contributed by atoms with Crippen LogP contribution in [0.25, 0.3) is 11.3 Å². The Morgan fingerprint density at radius 2 is 1.81 bits per heavy atom. The summed E-state index contributed by atoms with van der Waals surface area (Å²) in [6.45, 7) is 2.45. The first-order chi connectivity index (χ1) is 13.2. The predicted octanol–water partition coefficient (Wildman–Crippen LogP) is 4.41. The summed E-state index contributed by atoms with van der Waals surface area (Å²) in [5.41, 5.74) is 2.42. The van der Waals surface area contributed by atoms with Gasteiger partial charge in [-0.05, 0) is 42.2 Å². The number of aromatic nitrogens is 2. The number of hydrogen-bond acceptors (Lipinski definition) is 6. The zero-order valence-corrected chi connectivity index (χ0v) is 15.7. The molecule has 0 atom stereocenters. The molecule has 3 rings (SSSR count). The van der Waals surface area contributed by atoms with E-state index in [1.807, 2.05) is 37.3 Å². The van der Waals surface area contributed by atoms with Crippen molar-refractivity contribution in [1.82, 2.24) is 9.59 Å². The number of esters is 1. The Kier molecular flexibility index (Phi) is 6.27. The molecule has 0 saturated carbocycles. The Morgan fingerprint density at radius 3 is 2.52 bits per heavy atom. The first-order valence-electron chi connectivity index (χ1n) is 8.65. The molecule has 1 N–H and O–H groups in total. The summed E-state index contributed by atoms with van der Waals surface area (Å²) in [4.78, 5) is 24.9. The van der Waals surface area contributed by atoms with Crippen molar-refractivity contribution in [2.45, 2.75) is 19.8 Å². The lowest BCUT2D eigenvalue weighted by Crippen LogP contribution is -2.12. The number of amides is 1. The van der Waals surface area contributed by atoms with Gasteiger partial charge >= 0.3 is 5.97 Å². The quantitative estimate of drug-likeness (QED) is 0.484. The lowest BCUT2D eigenvalue weighted by Gasteiger charge is -2.07. The van der Waals surface area contributed by atoms with E-state index in [4.69, 9.17) is 4.74 Å². The first kappa shape index (κ1) is 18.7. The number of unbranched alkanes of at least 4 members (excludes halogenated alkanes) is 1. The van der Waals surface area contributed by atoms with Crippen molar-refractivity contribution < 1.29 is 14.3 Å². The second-order valence-electron chi connectivity index (χ2n) is 5.84. The van der Waals surface area contributed by atoms with E-state index >= 15 is 0 Å². The van der Waals surface area contributed by atoms with Gasteiger partial charge in [0.05, 0.1) is 12.2 Å². The van der Waals surface area contributed by atoms with Crippen molar-refractivity contribution in [3.63, 3.8) is 0 Å². The normalized spacial score (nSPS) is 10.4. The summed E-state index contributed by atoms with van der Waals surface area (Å²) in [7, 11) is 0. The van der Waals surface area contributed by atoms with Crippen LogP contribution in [0.15, 0.2) is 54.6 Å². The van der Waals surface area contributed by atoms with Crippen LogP contribution in [-0.4, -0.2) is 28.1 Å². The molecule has 7 heteroatoms. The van der Waals surface area contributed by atoms with Crippen LogP contribution in [0.4, 0.5) is 5.69 Å². The number of benzene rings is 2. The number of nitrogens with zero attached hydrogens (tertiary/aromatic N) is 2.